The molecular formula is C16H21N3O3S. The predicted octanol–water partition coefficient (Wildman–Crippen LogP) is 2.49. The Morgan fingerprint density at radius 2 is 2.04 bits per heavy atom. The number of amides is 1. The van der Waals surface area contributed by atoms with Crippen molar-refractivity contribution in [1.29, 1.82) is 5.26 Å². The number of rotatable bonds is 5. The van der Waals surface area contributed by atoms with Gasteiger partial charge < -0.3 is 5.32 Å². The van der Waals surface area contributed by atoms with Crippen molar-refractivity contribution in [3.8, 4) is 6.07 Å². The minimum absolute atomic E-state index is 0.0590. The van der Waals surface area contributed by atoms with Gasteiger partial charge in [-0.1, -0.05) is 13.3 Å². The van der Waals surface area contributed by atoms with Crippen LogP contribution in [0.5, 0.6) is 0 Å². The highest BCUT2D eigenvalue weighted by atomic mass is 32.2. The number of carbonyl (C=O) groups is 1. The molecule has 1 aliphatic rings. The van der Waals surface area contributed by atoms with Gasteiger partial charge in [0.15, 0.2) is 0 Å². The van der Waals surface area contributed by atoms with Crippen LogP contribution in [-0.2, 0) is 14.8 Å². The topological polar surface area (TPSA) is 90.3 Å². The largest absolute Gasteiger partial charge is 0.325 e. The van der Waals surface area contributed by atoms with Crippen LogP contribution >= 0.6 is 0 Å². The van der Waals surface area contributed by atoms with Gasteiger partial charge in [-0.25, -0.2) is 8.42 Å². The van der Waals surface area contributed by atoms with Crippen molar-refractivity contribution < 1.29 is 13.2 Å². The maximum absolute atomic E-state index is 12.8. The predicted molar refractivity (Wildman–Crippen MR) is 87.1 cm³/mol. The van der Waals surface area contributed by atoms with E-state index in [1.165, 1.54) is 12.1 Å². The maximum Gasteiger partial charge on any atom is 0.243 e. The van der Waals surface area contributed by atoms with Crippen molar-refractivity contribution in [3.63, 3.8) is 0 Å². The highest BCUT2D eigenvalue weighted by molar-refractivity contribution is 7.89. The van der Waals surface area contributed by atoms with Gasteiger partial charge in [-0.2, -0.15) is 9.57 Å². The van der Waals surface area contributed by atoms with Crippen LogP contribution in [-0.4, -0.2) is 31.2 Å². The van der Waals surface area contributed by atoms with Gasteiger partial charge in [0.1, 0.15) is 6.42 Å². The SMILES string of the molecule is CCC1CCCCN1S(=O)(=O)c1ccc(NC(=O)CC#N)cc1. The van der Waals surface area contributed by atoms with Crippen LogP contribution in [0.2, 0.25) is 0 Å². The van der Waals surface area contributed by atoms with Crippen molar-refractivity contribution in [2.45, 2.75) is 50.0 Å². The van der Waals surface area contributed by atoms with Crippen LogP contribution in [0.25, 0.3) is 0 Å². The molecule has 7 heteroatoms. The summed E-state index contributed by atoms with van der Waals surface area (Å²) in [6.45, 7) is 2.56. The number of anilines is 1. The lowest BCUT2D eigenvalue weighted by atomic mass is 10.0. The molecule has 2 rings (SSSR count). The van der Waals surface area contributed by atoms with Crippen LogP contribution in [0.15, 0.2) is 29.2 Å². The molecule has 0 aromatic heterocycles. The molecule has 1 amide bonds. The average Bonchev–Trinajstić information content (AvgIpc) is 2.55. The number of nitrogens with one attached hydrogen (secondary N) is 1. The quantitative estimate of drug-likeness (QED) is 0.895. The van der Waals surface area contributed by atoms with Gasteiger partial charge in [0.25, 0.3) is 0 Å². The van der Waals surface area contributed by atoms with Crippen LogP contribution in [0.1, 0.15) is 39.0 Å². The number of sulfonamides is 1. The Labute approximate surface area is 137 Å². The Kier molecular flexibility index (Phi) is 5.74. The van der Waals surface area contributed by atoms with E-state index >= 15 is 0 Å². The van der Waals surface area contributed by atoms with Crippen molar-refractivity contribution in [1.82, 2.24) is 4.31 Å². The molecule has 1 aromatic rings. The summed E-state index contributed by atoms with van der Waals surface area (Å²) in [5.41, 5.74) is 0.481. The first-order valence-electron chi connectivity index (χ1n) is 7.77. The van der Waals surface area contributed by atoms with E-state index in [1.807, 2.05) is 6.92 Å². The highest BCUT2D eigenvalue weighted by Gasteiger charge is 2.32. The van der Waals surface area contributed by atoms with Gasteiger partial charge >= 0.3 is 0 Å². The summed E-state index contributed by atoms with van der Waals surface area (Å²) < 4.78 is 27.2. The first-order chi connectivity index (χ1) is 11.0. The Bertz CT molecular complexity index is 692. The minimum Gasteiger partial charge on any atom is -0.325 e. The summed E-state index contributed by atoms with van der Waals surface area (Å²) in [6.07, 6.45) is 3.43. The van der Waals surface area contributed by atoms with Gasteiger partial charge in [-0.05, 0) is 43.5 Å². The Balaban J connectivity index is 2.17. The lowest BCUT2D eigenvalue weighted by molar-refractivity contribution is -0.115. The molecule has 0 bridgehead atoms. The molecule has 1 N–H and O–H groups in total. The Hall–Kier alpha value is -1.91. The molecule has 1 aliphatic heterocycles. The zero-order valence-electron chi connectivity index (χ0n) is 13.2. The van der Waals surface area contributed by atoms with Crippen molar-refractivity contribution in [3.05, 3.63) is 24.3 Å². The molecular weight excluding hydrogens is 314 g/mol. The van der Waals surface area contributed by atoms with Crippen molar-refractivity contribution in [2.75, 3.05) is 11.9 Å². The molecule has 1 heterocycles. The summed E-state index contributed by atoms with van der Waals surface area (Å²) in [5.74, 6) is -0.412. The lowest BCUT2D eigenvalue weighted by Crippen LogP contribution is -2.43. The minimum atomic E-state index is -3.51. The normalized spacial score (nSPS) is 19.0. The molecule has 1 saturated heterocycles. The van der Waals surface area contributed by atoms with Gasteiger partial charge in [-0.15, -0.1) is 0 Å². The second kappa shape index (κ2) is 7.57. The van der Waals surface area contributed by atoms with E-state index in [9.17, 15) is 13.2 Å². The fraction of sp³-hybridized carbons (Fsp3) is 0.500. The second-order valence-electron chi connectivity index (χ2n) is 5.58. The zero-order valence-corrected chi connectivity index (χ0v) is 14.0. The van der Waals surface area contributed by atoms with Gasteiger partial charge in [0.05, 0.1) is 11.0 Å². The average molecular weight is 335 g/mol. The Morgan fingerprint density at radius 1 is 1.35 bits per heavy atom. The number of benzene rings is 1. The number of hydrogen-bond donors (Lipinski definition) is 1. The van der Waals surface area contributed by atoms with Crippen LogP contribution in [0, 0.1) is 11.3 Å². The van der Waals surface area contributed by atoms with Crippen LogP contribution in [0.3, 0.4) is 0 Å². The molecule has 0 radical (unpaired) electrons. The Morgan fingerprint density at radius 3 is 2.65 bits per heavy atom. The van der Waals surface area contributed by atoms with Gasteiger partial charge in [0.2, 0.25) is 15.9 Å². The molecule has 124 valence electrons. The third-order valence-electron chi connectivity index (χ3n) is 4.03. The third-order valence-corrected chi connectivity index (χ3v) is 5.99. The van der Waals surface area contributed by atoms with Gasteiger partial charge in [0, 0.05) is 18.3 Å². The molecule has 23 heavy (non-hydrogen) atoms. The first kappa shape index (κ1) is 17.4. The van der Waals surface area contributed by atoms with E-state index in [4.69, 9.17) is 5.26 Å². The van der Waals surface area contributed by atoms with Crippen LogP contribution in [0.4, 0.5) is 5.69 Å². The molecule has 1 fully saturated rings. The van der Waals surface area contributed by atoms with Crippen LogP contribution < -0.4 is 5.32 Å². The number of carbonyl (C=O) groups excluding carboxylic acids is 1. The van der Waals surface area contributed by atoms with Gasteiger partial charge in [-0.3, -0.25) is 4.79 Å². The lowest BCUT2D eigenvalue weighted by Gasteiger charge is -2.34. The summed E-state index contributed by atoms with van der Waals surface area (Å²) in [4.78, 5) is 11.6. The van der Waals surface area contributed by atoms with E-state index in [0.29, 0.717) is 12.2 Å². The number of nitrogens with zero attached hydrogens (tertiary/aromatic N) is 2. The summed E-state index contributed by atoms with van der Waals surface area (Å²) in [5, 5.41) is 11.0. The standard InChI is InChI=1S/C16H21N3O3S/c1-2-14-5-3-4-12-19(14)23(21,22)15-8-6-13(7-9-15)18-16(20)10-11-17/h6-9,14H,2-5,10,12H2,1H3,(H,18,20). The number of hydrogen-bond acceptors (Lipinski definition) is 4. The van der Waals surface area contributed by atoms with E-state index in [-0.39, 0.29) is 17.4 Å². The molecule has 0 spiro atoms. The maximum atomic E-state index is 12.8. The van der Waals surface area contributed by atoms with Crippen molar-refractivity contribution >= 4 is 21.6 Å². The van der Waals surface area contributed by atoms with E-state index in [1.54, 1.807) is 22.5 Å². The smallest absolute Gasteiger partial charge is 0.243 e. The van der Waals surface area contributed by atoms with E-state index in [0.717, 1.165) is 25.7 Å². The molecule has 0 aliphatic carbocycles. The molecule has 0 saturated carbocycles. The summed E-state index contributed by atoms with van der Waals surface area (Å²) in [7, 11) is -3.51. The molecule has 1 unspecified atom stereocenters. The third kappa shape index (κ3) is 4.09. The highest BCUT2D eigenvalue weighted by Crippen LogP contribution is 2.27. The number of nitriles is 1. The first-order valence-corrected chi connectivity index (χ1v) is 9.21. The molecule has 6 nitrogen and oxygen atoms in total. The second-order valence-corrected chi connectivity index (χ2v) is 7.47. The number of piperidine rings is 1. The summed E-state index contributed by atoms with van der Waals surface area (Å²) >= 11 is 0. The molecule has 1 aromatic carbocycles. The monoisotopic (exact) mass is 335 g/mol. The zero-order chi connectivity index (χ0) is 16.9. The fourth-order valence-corrected chi connectivity index (χ4v) is 4.59. The molecule has 1 atom stereocenters. The van der Waals surface area contributed by atoms with E-state index in [2.05, 4.69) is 5.32 Å². The fourth-order valence-electron chi connectivity index (χ4n) is 2.82. The van der Waals surface area contributed by atoms with E-state index < -0.39 is 15.9 Å². The van der Waals surface area contributed by atoms with Crippen molar-refractivity contribution in [2.24, 2.45) is 0 Å². The summed E-state index contributed by atoms with van der Waals surface area (Å²) in [6, 6.07) is 7.92.